The highest BCUT2D eigenvalue weighted by molar-refractivity contribution is 5.64. The number of hydrogen-bond acceptors (Lipinski definition) is 2. The third kappa shape index (κ3) is 1.64. The van der Waals surface area contributed by atoms with Crippen LogP contribution in [-0.4, -0.2) is 10.2 Å². The minimum Gasteiger partial charge on any atom is -0.326 e. The van der Waals surface area contributed by atoms with Crippen LogP contribution in [0.4, 0.5) is 4.39 Å². The first-order chi connectivity index (χ1) is 7.24. The highest BCUT2D eigenvalue weighted by Crippen LogP contribution is 2.25. The Morgan fingerprint density at radius 3 is 2.80 bits per heavy atom. The molecular weight excluding hydrogens is 193 g/mol. The molecule has 0 bridgehead atoms. The van der Waals surface area contributed by atoms with Gasteiger partial charge in [-0.05, 0) is 19.1 Å². The van der Waals surface area contributed by atoms with Crippen LogP contribution in [-0.2, 0) is 6.54 Å². The van der Waals surface area contributed by atoms with Gasteiger partial charge in [-0.15, -0.1) is 0 Å². The number of benzene rings is 1. The first-order valence-corrected chi connectivity index (χ1v) is 4.73. The van der Waals surface area contributed by atoms with Crippen molar-refractivity contribution < 1.29 is 4.39 Å². The summed E-state index contributed by atoms with van der Waals surface area (Å²) in [7, 11) is 0. The van der Waals surface area contributed by atoms with E-state index in [0.29, 0.717) is 17.8 Å². The van der Waals surface area contributed by atoms with Crippen molar-refractivity contribution in [2.45, 2.75) is 13.5 Å². The molecule has 3 nitrogen and oxygen atoms in total. The van der Waals surface area contributed by atoms with E-state index in [-0.39, 0.29) is 5.82 Å². The van der Waals surface area contributed by atoms with Gasteiger partial charge in [0.25, 0.3) is 0 Å². The number of aryl methyl sites for hydroxylation is 1. The number of halogens is 1. The molecule has 0 aliphatic heterocycles. The fourth-order valence-electron chi connectivity index (χ4n) is 1.58. The molecule has 0 saturated carbocycles. The molecule has 0 unspecified atom stereocenters. The average Bonchev–Trinajstić information content (AvgIpc) is 2.60. The van der Waals surface area contributed by atoms with Crippen LogP contribution in [0.15, 0.2) is 24.3 Å². The molecule has 0 aliphatic carbocycles. The maximum Gasteiger partial charge on any atom is 0.132 e. The van der Waals surface area contributed by atoms with Gasteiger partial charge in [-0.25, -0.2) is 4.39 Å². The van der Waals surface area contributed by atoms with Crippen LogP contribution in [0, 0.1) is 12.7 Å². The number of H-pyrrole nitrogens is 1. The summed E-state index contributed by atoms with van der Waals surface area (Å²) in [6, 6.07) is 6.55. The summed E-state index contributed by atoms with van der Waals surface area (Å²) < 4.78 is 13.5. The molecule has 0 spiro atoms. The lowest BCUT2D eigenvalue weighted by Gasteiger charge is -2.01. The highest BCUT2D eigenvalue weighted by Gasteiger charge is 2.13. The molecule has 78 valence electrons. The van der Waals surface area contributed by atoms with Gasteiger partial charge in [-0.2, -0.15) is 5.10 Å². The second-order valence-corrected chi connectivity index (χ2v) is 3.36. The molecule has 1 heterocycles. The molecule has 0 atom stereocenters. The Morgan fingerprint density at radius 2 is 2.13 bits per heavy atom. The van der Waals surface area contributed by atoms with Gasteiger partial charge in [0.1, 0.15) is 5.82 Å². The number of nitrogens with two attached hydrogens (primary N) is 1. The van der Waals surface area contributed by atoms with Crippen molar-refractivity contribution in [1.82, 2.24) is 10.2 Å². The quantitative estimate of drug-likeness (QED) is 0.787. The molecular formula is C11H12FN3. The van der Waals surface area contributed by atoms with E-state index in [1.807, 2.05) is 6.92 Å². The Bertz CT molecular complexity index is 476. The SMILES string of the molecule is Cc1[nH]nc(-c2ccccc2F)c1CN. The first kappa shape index (κ1) is 9.86. The molecule has 1 aromatic carbocycles. The Labute approximate surface area is 87.1 Å². The van der Waals surface area contributed by atoms with Crippen LogP contribution >= 0.6 is 0 Å². The van der Waals surface area contributed by atoms with Crippen LogP contribution in [0.5, 0.6) is 0 Å². The predicted octanol–water partition coefficient (Wildman–Crippen LogP) is 1.98. The van der Waals surface area contributed by atoms with Gasteiger partial charge in [-0.3, -0.25) is 5.10 Å². The van der Waals surface area contributed by atoms with E-state index in [9.17, 15) is 4.39 Å². The van der Waals surface area contributed by atoms with Gasteiger partial charge >= 0.3 is 0 Å². The number of aromatic nitrogens is 2. The maximum absolute atomic E-state index is 13.5. The van der Waals surface area contributed by atoms with Crippen molar-refractivity contribution >= 4 is 0 Å². The summed E-state index contributed by atoms with van der Waals surface area (Å²) in [5, 5.41) is 6.89. The molecule has 4 heteroatoms. The van der Waals surface area contributed by atoms with Gasteiger partial charge in [0.05, 0.1) is 5.69 Å². The van der Waals surface area contributed by atoms with Crippen LogP contribution in [0.25, 0.3) is 11.3 Å². The monoisotopic (exact) mass is 205 g/mol. The molecule has 1 aromatic heterocycles. The summed E-state index contributed by atoms with van der Waals surface area (Å²) in [5.41, 5.74) is 8.44. The summed E-state index contributed by atoms with van der Waals surface area (Å²) in [6.07, 6.45) is 0. The van der Waals surface area contributed by atoms with E-state index < -0.39 is 0 Å². The third-order valence-electron chi connectivity index (χ3n) is 2.41. The van der Waals surface area contributed by atoms with E-state index in [1.54, 1.807) is 18.2 Å². The van der Waals surface area contributed by atoms with Crippen LogP contribution < -0.4 is 5.73 Å². The van der Waals surface area contributed by atoms with Crippen molar-refractivity contribution in [3.05, 3.63) is 41.3 Å². The Morgan fingerprint density at radius 1 is 1.40 bits per heavy atom. The van der Waals surface area contributed by atoms with Gasteiger partial charge in [0.2, 0.25) is 0 Å². The predicted molar refractivity (Wildman–Crippen MR) is 56.6 cm³/mol. The van der Waals surface area contributed by atoms with E-state index in [2.05, 4.69) is 10.2 Å². The summed E-state index contributed by atoms with van der Waals surface area (Å²) in [4.78, 5) is 0. The fraction of sp³-hybridized carbons (Fsp3) is 0.182. The first-order valence-electron chi connectivity index (χ1n) is 4.73. The zero-order valence-electron chi connectivity index (χ0n) is 8.42. The largest absolute Gasteiger partial charge is 0.326 e. The number of nitrogens with one attached hydrogen (secondary N) is 1. The average molecular weight is 205 g/mol. The Hall–Kier alpha value is -1.68. The molecule has 0 aliphatic rings. The second kappa shape index (κ2) is 3.82. The number of hydrogen-bond donors (Lipinski definition) is 2. The molecule has 0 amide bonds. The Kier molecular flexibility index (Phi) is 2.51. The smallest absolute Gasteiger partial charge is 0.132 e. The number of aromatic amines is 1. The molecule has 0 radical (unpaired) electrons. The number of nitrogens with zero attached hydrogens (tertiary/aromatic N) is 1. The molecule has 0 fully saturated rings. The molecule has 2 aromatic rings. The van der Waals surface area contributed by atoms with Crippen molar-refractivity contribution in [2.24, 2.45) is 5.73 Å². The lowest BCUT2D eigenvalue weighted by molar-refractivity contribution is 0.630. The lowest BCUT2D eigenvalue weighted by atomic mass is 10.1. The number of rotatable bonds is 2. The summed E-state index contributed by atoms with van der Waals surface area (Å²) in [6.45, 7) is 2.23. The van der Waals surface area contributed by atoms with Crippen LogP contribution in [0.2, 0.25) is 0 Å². The van der Waals surface area contributed by atoms with E-state index in [0.717, 1.165) is 11.3 Å². The van der Waals surface area contributed by atoms with Crippen LogP contribution in [0.1, 0.15) is 11.3 Å². The zero-order valence-corrected chi connectivity index (χ0v) is 8.42. The summed E-state index contributed by atoms with van der Waals surface area (Å²) >= 11 is 0. The van der Waals surface area contributed by atoms with Gasteiger partial charge in [0.15, 0.2) is 0 Å². The summed E-state index contributed by atoms with van der Waals surface area (Å²) in [5.74, 6) is -0.279. The standard InChI is InChI=1S/C11H12FN3/c1-7-9(6-13)11(15-14-7)8-4-2-3-5-10(8)12/h2-5H,6,13H2,1H3,(H,14,15). The van der Waals surface area contributed by atoms with Crippen LogP contribution in [0.3, 0.4) is 0 Å². The van der Waals surface area contributed by atoms with Crippen molar-refractivity contribution in [1.29, 1.82) is 0 Å². The van der Waals surface area contributed by atoms with Crippen molar-refractivity contribution in [2.75, 3.05) is 0 Å². The topological polar surface area (TPSA) is 54.7 Å². The normalized spacial score (nSPS) is 10.6. The van der Waals surface area contributed by atoms with Crippen molar-refractivity contribution in [3.63, 3.8) is 0 Å². The molecule has 2 rings (SSSR count). The zero-order chi connectivity index (χ0) is 10.8. The van der Waals surface area contributed by atoms with E-state index in [4.69, 9.17) is 5.73 Å². The Balaban J connectivity index is 2.59. The van der Waals surface area contributed by atoms with Gasteiger partial charge in [0, 0.05) is 23.4 Å². The van der Waals surface area contributed by atoms with E-state index >= 15 is 0 Å². The lowest BCUT2D eigenvalue weighted by Crippen LogP contribution is -1.99. The minimum atomic E-state index is -0.279. The van der Waals surface area contributed by atoms with E-state index in [1.165, 1.54) is 6.07 Å². The van der Waals surface area contributed by atoms with Gasteiger partial charge in [-0.1, -0.05) is 12.1 Å². The molecule has 15 heavy (non-hydrogen) atoms. The molecule has 3 N–H and O–H groups in total. The minimum absolute atomic E-state index is 0.279. The third-order valence-corrected chi connectivity index (χ3v) is 2.41. The van der Waals surface area contributed by atoms with Gasteiger partial charge < -0.3 is 5.73 Å². The second-order valence-electron chi connectivity index (χ2n) is 3.36. The molecule has 0 saturated heterocycles. The highest BCUT2D eigenvalue weighted by atomic mass is 19.1. The van der Waals surface area contributed by atoms with Crippen molar-refractivity contribution in [3.8, 4) is 11.3 Å². The maximum atomic E-state index is 13.5. The fourth-order valence-corrected chi connectivity index (χ4v) is 1.58.